The van der Waals surface area contributed by atoms with E-state index in [-0.39, 0.29) is 35.7 Å². The Morgan fingerprint density at radius 1 is 0.816 bits per heavy atom. The predicted molar refractivity (Wildman–Crippen MR) is 185 cm³/mol. The number of nitrogens with zero attached hydrogens (tertiary/aromatic N) is 1. The van der Waals surface area contributed by atoms with Crippen LogP contribution in [0.1, 0.15) is 131 Å². The smallest absolute Gasteiger partial charge is 0.289 e. The summed E-state index contributed by atoms with van der Waals surface area (Å²) in [6.07, 6.45) is 9.66. The number of likely N-dealkylation sites (tertiary alicyclic amines) is 1. The van der Waals surface area contributed by atoms with E-state index in [1.54, 1.807) is 18.7 Å². The Hall–Kier alpha value is -3.02. The molecule has 1 saturated heterocycles. The Kier molecular flexibility index (Phi) is 13.3. The first-order chi connectivity index (χ1) is 23.1. The maximum Gasteiger partial charge on any atom is 0.289 e. The third kappa shape index (κ3) is 9.82. The van der Waals surface area contributed by atoms with Crippen LogP contribution in [0, 0.1) is 23.2 Å². The van der Waals surface area contributed by atoms with Crippen molar-refractivity contribution in [1.82, 2.24) is 26.2 Å². The number of nitrogens with one attached hydrogen (secondary N) is 4. The van der Waals surface area contributed by atoms with Gasteiger partial charge in [-0.15, -0.1) is 0 Å². The van der Waals surface area contributed by atoms with Crippen LogP contribution in [0.3, 0.4) is 0 Å². The highest BCUT2D eigenvalue weighted by Gasteiger charge is 2.51. The minimum absolute atomic E-state index is 0.0105. The first-order valence-electron chi connectivity index (χ1n) is 18.9. The van der Waals surface area contributed by atoms with E-state index in [2.05, 4.69) is 21.3 Å². The number of amides is 5. The Morgan fingerprint density at radius 3 is 2.04 bits per heavy atom. The maximum atomic E-state index is 14.8. The van der Waals surface area contributed by atoms with Crippen molar-refractivity contribution in [2.45, 2.75) is 174 Å². The molecular weight excluding hydrogens is 626 g/mol. The highest BCUT2D eigenvalue weighted by molar-refractivity contribution is 6.38. The van der Waals surface area contributed by atoms with Gasteiger partial charge in [0, 0.05) is 12.1 Å². The molecule has 0 aromatic rings. The summed E-state index contributed by atoms with van der Waals surface area (Å²) in [6, 6.07) is -3.94. The lowest BCUT2D eigenvalue weighted by molar-refractivity contribution is -0.148. The standard InChI is InChI=1S/C37H61N5O7/c1-7-13-25(30(44)35(48)38-24-18-19-24)39-32(45)27-20-23-16-11-12-17-26(23)42(27)36(49)31(37(4,5)6)41-33(46)28(22-14-9-8-10-15-22)40-34(47)29(43)21(2)3/h21-29,31,43H,7-20H2,1-6H3,(H,38,48)(H,39,45)(H,40,47)(H,41,46)/t23-,25-,26-,27-,28?,29-,31+/m0/s1. The molecular formula is C37H61N5O7. The molecule has 0 radical (unpaired) electrons. The SMILES string of the molecule is CCC[C@H](NC(=O)[C@@H]1C[C@@H]2CCCC[C@@H]2N1C(=O)[C@@H](NC(=O)C(NC(=O)[C@@H](O)C(C)C)C1CCCCC1)C(C)(C)C)C(=O)C(=O)NC1CC1. The summed E-state index contributed by atoms with van der Waals surface area (Å²) in [4.78, 5) is 83.4. The van der Waals surface area contributed by atoms with E-state index in [9.17, 15) is 33.9 Å². The van der Waals surface area contributed by atoms with Crippen molar-refractivity contribution >= 4 is 35.3 Å². The van der Waals surface area contributed by atoms with E-state index >= 15 is 0 Å². The molecule has 12 heteroatoms. The molecule has 1 heterocycles. The molecule has 4 aliphatic rings. The zero-order valence-electron chi connectivity index (χ0n) is 30.5. The maximum absolute atomic E-state index is 14.8. The molecule has 4 rings (SSSR count). The first kappa shape index (κ1) is 38.8. The van der Waals surface area contributed by atoms with Gasteiger partial charge in [0.25, 0.3) is 5.91 Å². The summed E-state index contributed by atoms with van der Waals surface area (Å²) in [6.45, 7) is 10.9. The van der Waals surface area contributed by atoms with Gasteiger partial charge in [0.15, 0.2) is 0 Å². The summed E-state index contributed by atoms with van der Waals surface area (Å²) in [5, 5.41) is 21.9. The van der Waals surface area contributed by atoms with Crippen LogP contribution in [0.5, 0.6) is 0 Å². The topological polar surface area (TPSA) is 174 Å². The van der Waals surface area contributed by atoms with Crippen molar-refractivity contribution < 1.29 is 33.9 Å². The molecule has 3 aliphatic carbocycles. The van der Waals surface area contributed by atoms with Crippen LogP contribution in [0.15, 0.2) is 0 Å². The Morgan fingerprint density at radius 2 is 1.45 bits per heavy atom. The fourth-order valence-corrected chi connectivity index (χ4v) is 7.92. The first-order valence-corrected chi connectivity index (χ1v) is 18.9. The number of hydrogen-bond acceptors (Lipinski definition) is 7. The second kappa shape index (κ2) is 16.8. The fraction of sp³-hybridized carbons (Fsp3) is 0.838. The number of rotatable bonds is 14. The van der Waals surface area contributed by atoms with Crippen molar-refractivity contribution in [1.29, 1.82) is 0 Å². The molecule has 0 aromatic heterocycles. The van der Waals surface area contributed by atoms with Crippen LogP contribution >= 0.6 is 0 Å². The molecule has 12 nitrogen and oxygen atoms in total. The van der Waals surface area contributed by atoms with Crippen molar-refractivity contribution in [2.24, 2.45) is 23.2 Å². The van der Waals surface area contributed by atoms with Gasteiger partial charge in [-0.1, -0.05) is 80.1 Å². The van der Waals surface area contributed by atoms with Gasteiger partial charge in [-0.05, 0) is 74.5 Å². The number of aliphatic hydroxyl groups excluding tert-OH is 1. The number of fused-ring (bicyclic) bond motifs is 1. The molecule has 1 unspecified atom stereocenters. The monoisotopic (exact) mass is 687 g/mol. The highest BCUT2D eigenvalue weighted by atomic mass is 16.3. The van der Waals surface area contributed by atoms with E-state index in [0.29, 0.717) is 19.3 Å². The Bertz CT molecular complexity index is 1220. The molecule has 0 aromatic carbocycles. The Balaban J connectivity index is 1.58. The largest absolute Gasteiger partial charge is 0.383 e. The normalized spacial score (nSPS) is 25.4. The van der Waals surface area contributed by atoms with Crippen LogP contribution in [0.4, 0.5) is 0 Å². The van der Waals surface area contributed by atoms with Crippen LogP contribution in [0.25, 0.3) is 0 Å². The van der Waals surface area contributed by atoms with Gasteiger partial charge in [-0.2, -0.15) is 0 Å². The van der Waals surface area contributed by atoms with E-state index in [4.69, 9.17) is 0 Å². The minimum atomic E-state index is -1.27. The van der Waals surface area contributed by atoms with Gasteiger partial charge in [-0.25, -0.2) is 0 Å². The van der Waals surface area contributed by atoms with Crippen molar-refractivity contribution in [3.63, 3.8) is 0 Å². The van der Waals surface area contributed by atoms with E-state index in [1.165, 1.54) is 0 Å². The van der Waals surface area contributed by atoms with Gasteiger partial charge in [0.2, 0.25) is 29.4 Å². The number of carbonyl (C=O) groups is 6. The minimum Gasteiger partial charge on any atom is -0.383 e. The lowest BCUT2D eigenvalue weighted by Crippen LogP contribution is -2.63. The van der Waals surface area contributed by atoms with Crippen LogP contribution in [0.2, 0.25) is 0 Å². The van der Waals surface area contributed by atoms with Crippen molar-refractivity contribution in [3.8, 4) is 0 Å². The number of ketones is 1. The van der Waals surface area contributed by atoms with Gasteiger partial charge >= 0.3 is 0 Å². The summed E-state index contributed by atoms with van der Waals surface area (Å²) >= 11 is 0. The number of aliphatic hydroxyl groups is 1. The Labute approximate surface area is 292 Å². The number of hydrogen-bond donors (Lipinski definition) is 5. The van der Waals surface area contributed by atoms with E-state index in [0.717, 1.165) is 70.6 Å². The molecule has 1 aliphatic heterocycles. The molecule has 5 N–H and O–H groups in total. The van der Waals surface area contributed by atoms with Crippen molar-refractivity contribution in [2.75, 3.05) is 0 Å². The molecule has 5 amide bonds. The zero-order chi connectivity index (χ0) is 36.0. The van der Waals surface area contributed by atoms with E-state index < -0.39 is 65.1 Å². The average molecular weight is 688 g/mol. The fourth-order valence-electron chi connectivity index (χ4n) is 7.92. The lowest BCUT2D eigenvalue weighted by Gasteiger charge is -2.40. The molecule has 49 heavy (non-hydrogen) atoms. The van der Waals surface area contributed by atoms with Crippen LogP contribution in [-0.4, -0.2) is 87.7 Å². The summed E-state index contributed by atoms with van der Waals surface area (Å²) in [7, 11) is 0. The average Bonchev–Trinajstić information content (AvgIpc) is 3.79. The molecule has 276 valence electrons. The lowest BCUT2D eigenvalue weighted by atomic mass is 9.81. The molecule has 7 atom stereocenters. The van der Waals surface area contributed by atoms with Crippen molar-refractivity contribution in [3.05, 3.63) is 0 Å². The number of carbonyl (C=O) groups excluding carboxylic acids is 6. The quantitative estimate of drug-likeness (QED) is 0.175. The van der Waals surface area contributed by atoms with Gasteiger partial charge in [-0.3, -0.25) is 28.8 Å². The van der Waals surface area contributed by atoms with E-state index in [1.807, 2.05) is 27.7 Å². The van der Waals surface area contributed by atoms with Gasteiger partial charge < -0.3 is 31.3 Å². The summed E-state index contributed by atoms with van der Waals surface area (Å²) < 4.78 is 0. The third-order valence-electron chi connectivity index (χ3n) is 11.0. The predicted octanol–water partition coefficient (Wildman–Crippen LogP) is 2.89. The summed E-state index contributed by atoms with van der Waals surface area (Å²) in [5.41, 5.74) is -0.749. The molecule has 0 spiro atoms. The third-order valence-corrected chi connectivity index (χ3v) is 11.0. The molecule has 3 saturated carbocycles. The highest BCUT2D eigenvalue weighted by Crippen LogP contribution is 2.41. The van der Waals surface area contributed by atoms with Crippen LogP contribution in [-0.2, 0) is 28.8 Å². The van der Waals surface area contributed by atoms with Gasteiger partial charge in [0.05, 0.1) is 6.04 Å². The van der Waals surface area contributed by atoms with Crippen LogP contribution < -0.4 is 21.3 Å². The molecule has 0 bridgehead atoms. The zero-order valence-corrected chi connectivity index (χ0v) is 30.5. The van der Waals surface area contributed by atoms with Gasteiger partial charge in [0.1, 0.15) is 24.2 Å². The summed E-state index contributed by atoms with van der Waals surface area (Å²) in [5.74, 6) is -3.62. The second-order valence-electron chi connectivity index (χ2n) is 16.5. The second-order valence-corrected chi connectivity index (χ2v) is 16.5. The number of Topliss-reactive ketones (excluding diaryl/α,β-unsaturated/α-hetero) is 1. The molecule has 4 fully saturated rings.